The number of rotatable bonds is 10. The molecule has 2 N–H and O–H groups in total. The van der Waals surface area contributed by atoms with Gasteiger partial charge in [-0.05, 0) is 63.3 Å². The molecule has 15 heteroatoms. The molecule has 0 radical (unpaired) electrons. The Morgan fingerprint density at radius 2 is 0.927 bits per heavy atom. The normalized spacial score (nSPS) is 15.5. The molecular weight excluding hydrogens is 747 g/mol. The smallest absolute Gasteiger partial charge is 0.273 e. The van der Waals surface area contributed by atoms with Gasteiger partial charge in [-0.25, -0.2) is 0 Å². The first kappa shape index (κ1) is 46.2. The minimum Gasteiger partial charge on any atom is -0.412 e. The zero-order chi connectivity index (χ0) is 37.4. The number of carbonyl (C=O) groups excluding carboxylic acids is 2. The number of nitro benzene ring substituents is 2. The van der Waals surface area contributed by atoms with Crippen molar-refractivity contribution in [2.24, 2.45) is 0 Å². The fraction of sp³-hybridized carbons (Fsp3) is 0.350. The summed E-state index contributed by atoms with van der Waals surface area (Å²) in [5.74, 6) is -0.138. The predicted octanol–water partition coefficient (Wildman–Crippen LogP) is 5.67. The van der Waals surface area contributed by atoms with Gasteiger partial charge in [-0.2, -0.15) is 0 Å². The molecule has 4 aromatic rings. The SMILES string of the molecule is CN(C)CC1c2ccccc2CCN1C(=O)Cc1ccccc1[N+](=O)[O-].CN(C)CC1c2ccccc2CCN1C(=O)Cc1ccccc1[N+](=O)[O-].Cl.Cl.O. The van der Waals surface area contributed by atoms with E-state index >= 15 is 0 Å². The molecule has 0 spiro atoms. The van der Waals surface area contributed by atoms with Crippen LogP contribution in [0.2, 0.25) is 0 Å². The molecule has 2 unspecified atom stereocenters. The Hall–Kier alpha value is -4.92. The van der Waals surface area contributed by atoms with Crippen molar-refractivity contribution in [2.75, 3.05) is 54.4 Å². The van der Waals surface area contributed by atoms with Crippen molar-refractivity contribution in [1.82, 2.24) is 19.6 Å². The third-order valence-corrected chi connectivity index (χ3v) is 9.60. The van der Waals surface area contributed by atoms with Crippen LogP contribution in [0.5, 0.6) is 0 Å². The molecule has 2 heterocycles. The number of benzene rings is 4. The Morgan fingerprint density at radius 1 is 0.600 bits per heavy atom. The van der Waals surface area contributed by atoms with Crippen molar-refractivity contribution < 1.29 is 24.9 Å². The third-order valence-electron chi connectivity index (χ3n) is 9.60. The van der Waals surface area contributed by atoms with Crippen LogP contribution in [0.15, 0.2) is 97.1 Å². The molecule has 2 aliphatic heterocycles. The molecule has 4 aromatic carbocycles. The summed E-state index contributed by atoms with van der Waals surface area (Å²) < 4.78 is 0. The largest absolute Gasteiger partial charge is 0.412 e. The molecular formula is C40H50Cl2N6O7. The summed E-state index contributed by atoms with van der Waals surface area (Å²) >= 11 is 0. The lowest BCUT2D eigenvalue weighted by molar-refractivity contribution is -0.385. The number of fused-ring (bicyclic) bond motifs is 2. The molecule has 0 fully saturated rings. The first-order chi connectivity index (χ1) is 24.9. The van der Waals surface area contributed by atoms with Crippen LogP contribution in [0.3, 0.4) is 0 Å². The van der Waals surface area contributed by atoms with Crippen LogP contribution >= 0.6 is 24.8 Å². The zero-order valence-corrected chi connectivity index (χ0v) is 33.1. The molecule has 2 atom stereocenters. The molecule has 0 saturated carbocycles. The fourth-order valence-electron chi connectivity index (χ4n) is 7.19. The van der Waals surface area contributed by atoms with Crippen LogP contribution in [0.25, 0.3) is 0 Å². The minimum atomic E-state index is -0.425. The molecule has 0 saturated heterocycles. The lowest BCUT2D eigenvalue weighted by Gasteiger charge is -2.39. The molecule has 6 rings (SSSR count). The summed E-state index contributed by atoms with van der Waals surface area (Å²) in [4.78, 5) is 55.5. The molecule has 2 amide bonds. The summed E-state index contributed by atoms with van der Waals surface area (Å²) in [6.45, 7) is 2.71. The van der Waals surface area contributed by atoms with Gasteiger partial charge < -0.3 is 25.1 Å². The Kier molecular flexibility index (Phi) is 17.9. The van der Waals surface area contributed by atoms with E-state index in [9.17, 15) is 29.8 Å². The molecule has 296 valence electrons. The number of amides is 2. The van der Waals surface area contributed by atoms with Gasteiger partial charge in [0.15, 0.2) is 0 Å². The van der Waals surface area contributed by atoms with Gasteiger partial charge in [-0.15, -0.1) is 24.8 Å². The van der Waals surface area contributed by atoms with E-state index in [0.717, 1.165) is 25.9 Å². The molecule has 0 bridgehead atoms. The Morgan fingerprint density at radius 3 is 1.27 bits per heavy atom. The van der Waals surface area contributed by atoms with Gasteiger partial charge in [0, 0.05) is 49.4 Å². The van der Waals surface area contributed by atoms with Crippen LogP contribution < -0.4 is 0 Å². The summed E-state index contributed by atoms with van der Waals surface area (Å²) in [5, 5.41) is 22.5. The highest BCUT2D eigenvalue weighted by Crippen LogP contribution is 2.33. The lowest BCUT2D eigenvalue weighted by atomic mass is 9.91. The molecule has 2 aliphatic rings. The summed E-state index contributed by atoms with van der Waals surface area (Å²) in [6.07, 6.45) is 1.71. The number of hydrogen-bond donors (Lipinski definition) is 0. The molecule has 0 aliphatic carbocycles. The van der Waals surface area contributed by atoms with Gasteiger partial charge in [0.2, 0.25) is 11.8 Å². The van der Waals surface area contributed by atoms with Gasteiger partial charge in [-0.3, -0.25) is 29.8 Å². The van der Waals surface area contributed by atoms with E-state index in [2.05, 4.69) is 34.1 Å². The Bertz CT molecular complexity index is 1790. The van der Waals surface area contributed by atoms with E-state index in [4.69, 9.17) is 0 Å². The first-order valence-electron chi connectivity index (χ1n) is 17.4. The van der Waals surface area contributed by atoms with Gasteiger partial charge in [-0.1, -0.05) is 84.9 Å². The van der Waals surface area contributed by atoms with E-state index in [1.165, 1.54) is 34.4 Å². The van der Waals surface area contributed by atoms with E-state index in [-0.39, 0.29) is 78.4 Å². The number of para-hydroxylation sites is 2. The number of likely N-dealkylation sites (N-methyl/N-ethyl adjacent to an activating group) is 2. The average Bonchev–Trinajstić information content (AvgIpc) is 3.12. The predicted molar refractivity (Wildman–Crippen MR) is 218 cm³/mol. The highest BCUT2D eigenvalue weighted by atomic mass is 35.5. The van der Waals surface area contributed by atoms with Crippen LogP contribution in [0.4, 0.5) is 11.4 Å². The second-order valence-electron chi connectivity index (χ2n) is 13.8. The second kappa shape index (κ2) is 21.2. The first-order valence-corrected chi connectivity index (χ1v) is 17.4. The third kappa shape index (κ3) is 11.5. The number of hydrogen-bond acceptors (Lipinski definition) is 8. The summed E-state index contributed by atoms with van der Waals surface area (Å²) in [5.41, 5.74) is 5.81. The highest BCUT2D eigenvalue weighted by Gasteiger charge is 2.33. The van der Waals surface area contributed by atoms with Crippen molar-refractivity contribution in [3.05, 3.63) is 151 Å². The van der Waals surface area contributed by atoms with E-state index < -0.39 is 9.85 Å². The topological polar surface area (TPSA) is 165 Å². The van der Waals surface area contributed by atoms with E-state index in [1.807, 2.05) is 62.3 Å². The maximum Gasteiger partial charge on any atom is 0.273 e. The fourth-order valence-corrected chi connectivity index (χ4v) is 7.19. The monoisotopic (exact) mass is 796 g/mol. The van der Waals surface area contributed by atoms with E-state index in [0.29, 0.717) is 24.2 Å². The summed E-state index contributed by atoms with van der Waals surface area (Å²) in [7, 11) is 7.95. The highest BCUT2D eigenvalue weighted by molar-refractivity contribution is 5.85. The number of carbonyl (C=O) groups is 2. The van der Waals surface area contributed by atoms with Gasteiger partial charge >= 0.3 is 0 Å². The lowest BCUT2D eigenvalue weighted by Crippen LogP contribution is -2.44. The van der Waals surface area contributed by atoms with E-state index in [1.54, 1.807) is 36.4 Å². The standard InChI is InChI=1S/2C20H23N3O3.2ClH.H2O/c2*1-21(2)14-19-17-9-5-3-7-15(17)11-12-22(19)20(24)13-16-8-4-6-10-18(16)23(25)26;;;/h2*3-10,19H,11-14H2,1-2H3;2*1H;1H2. The summed E-state index contributed by atoms with van der Waals surface area (Å²) in [6, 6.07) is 29.3. The van der Waals surface area contributed by atoms with Crippen LogP contribution in [-0.4, -0.2) is 101 Å². The molecule has 55 heavy (non-hydrogen) atoms. The second-order valence-corrected chi connectivity index (χ2v) is 13.8. The average molecular weight is 798 g/mol. The van der Waals surface area contributed by atoms with Gasteiger partial charge in [0.1, 0.15) is 0 Å². The number of nitrogens with zero attached hydrogens (tertiary/aromatic N) is 6. The molecule has 0 aromatic heterocycles. The van der Waals surface area contributed by atoms with Crippen LogP contribution in [0.1, 0.15) is 45.5 Å². The molecule has 13 nitrogen and oxygen atoms in total. The van der Waals surface area contributed by atoms with Crippen LogP contribution in [-0.2, 0) is 35.3 Å². The van der Waals surface area contributed by atoms with Gasteiger partial charge in [0.25, 0.3) is 11.4 Å². The minimum absolute atomic E-state index is 0. The van der Waals surface area contributed by atoms with Crippen molar-refractivity contribution in [3.8, 4) is 0 Å². The number of halogens is 2. The van der Waals surface area contributed by atoms with Crippen molar-refractivity contribution >= 4 is 48.0 Å². The quantitative estimate of drug-likeness (QED) is 0.146. The van der Waals surface area contributed by atoms with Crippen LogP contribution in [0, 0.1) is 20.2 Å². The van der Waals surface area contributed by atoms with Gasteiger partial charge in [0.05, 0.1) is 34.8 Å². The maximum atomic E-state index is 13.0. The van der Waals surface area contributed by atoms with Crippen molar-refractivity contribution in [2.45, 2.75) is 37.8 Å². The number of nitro groups is 2. The van der Waals surface area contributed by atoms with Crippen molar-refractivity contribution in [3.63, 3.8) is 0 Å². The zero-order valence-electron chi connectivity index (χ0n) is 31.5. The maximum absolute atomic E-state index is 13.0. The van der Waals surface area contributed by atoms with Crippen molar-refractivity contribution in [1.29, 1.82) is 0 Å². The Labute approximate surface area is 334 Å². The Balaban J connectivity index is 0.000000360.